The van der Waals surface area contributed by atoms with Crippen LogP contribution in [-0.4, -0.2) is 42.1 Å². The van der Waals surface area contributed by atoms with E-state index in [4.69, 9.17) is 22.1 Å². The highest BCUT2D eigenvalue weighted by molar-refractivity contribution is 14.1. The molecule has 0 fully saturated rings. The van der Waals surface area contributed by atoms with Gasteiger partial charge in [0.05, 0.1) is 14.3 Å². The van der Waals surface area contributed by atoms with Crippen LogP contribution in [0.15, 0.2) is 12.1 Å². The van der Waals surface area contributed by atoms with Crippen LogP contribution in [0.5, 0.6) is 5.75 Å². The van der Waals surface area contributed by atoms with E-state index in [9.17, 15) is 0 Å². The first-order chi connectivity index (χ1) is 11.5. The van der Waals surface area contributed by atoms with E-state index < -0.39 is 0 Å². The van der Waals surface area contributed by atoms with Gasteiger partial charge >= 0.3 is 0 Å². The van der Waals surface area contributed by atoms with Gasteiger partial charge in [-0.1, -0.05) is 11.6 Å². The number of aryl methyl sites for hydroxylation is 1. The molecule has 0 atom stereocenters. The summed E-state index contributed by atoms with van der Waals surface area (Å²) in [6.07, 6.45) is 2.99. The molecule has 2 aromatic rings. The molecule has 2 N–H and O–H groups in total. The van der Waals surface area contributed by atoms with Crippen molar-refractivity contribution in [2.45, 2.75) is 19.3 Å². The second-order valence-corrected chi connectivity index (χ2v) is 7.69. The zero-order valence-electron chi connectivity index (χ0n) is 13.8. The Labute approximate surface area is 160 Å². The lowest BCUT2D eigenvalue weighted by Gasteiger charge is -2.15. The molecule has 1 aliphatic rings. The molecule has 5 nitrogen and oxygen atoms in total. The molecule has 0 unspecified atom stereocenters. The number of nitrogen functional groups attached to an aromatic ring is 1. The van der Waals surface area contributed by atoms with Gasteiger partial charge in [-0.2, -0.15) is 0 Å². The topological polar surface area (TPSA) is 64.3 Å². The number of likely N-dealkylation sites (N-methyl/N-ethyl adjacent to an activating group) is 1. The zero-order chi connectivity index (χ0) is 17.3. The Bertz CT molecular complexity index is 767. The van der Waals surface area contributed by atoms with Crippen LogP contribution in [0, 0.1) is 3.57 Å². The number of hydrogen-bond acceptors (Lipinski definition) is 5. The second kappa shape index (κ2) is 7.41. The lowest BCUT2D eigenvalue weighted by Crippen LogP contribution is -2.19. The summed E-state index contributed by atoms with van der Waals surface area (Å²) < 4.78 is 6.92. The first kappa shape index (κ1) is 17.7. The van der Waals surface area contributed by atoms with Gasteiger partial charge in [-0.15, -0.1) is 0 Å². The van der Waals surface area contributed by atoms with Crippen LogP contribution < -0.4 is 10.5 Å². The highest BCUT2D eigenvalue weighted by Crippen LogP contribution is 2.38. The number of hydrogen-bond donors (Lipinski definition) is 1. The van der Waals surface area contributed by atoms with E-state index in [2.05, 4.69) is 37.5 Å². The van der Waals surface area contributed by atoms with Crippen LogP contribution in [0.2, 0.25) is 5.02 Å². The van der Waals surface area contributed by atoms with Gasteiger partial charge in [-0.25, -0.2) is 9.97 Å². The van der Waals surface area contributed by atoms with Crippen molar-refractivity contribution in [3.63, 3.8) is 0 Å². The third-order valence-corrected chi connectivity index (χ3v) is 5.18. The number of halogens is 2. The largest absolute Gasteiger partial charge is 0.491 e. The molecule has 1 aliphatic carbocycles. The summed E-state index contributed by atoms with van der Waals surface area (Å²) in [4.78, 5) is 10.9. The first-order valence-electron chi connectivity index (χ1n) is 7.88. The predicted octanol–water partition coefficient (Wildman–Crippen LogP) is 3.41. The van der Waals surface area contributed by atoms with Gasteiger partial charge in [0.15, 0.2) is 0 Å². The van der Waals surface area contributed by atoms with Crippen LogP contribution in [0.1, 0.15) is 17.7 Å². The molecule has 0 radical (unpaired) electrons. The Balaban J connectivity index is 1.99. The molecular weight excluding hydrogens is 439 g/mol. The van der Waals surface area contributed by atoms with Gasteiger partial charge in [0, 0.05) is 23.4 Å². The van der Waals surface area contributed by atoms with E-state index >= 15 is 0 Å². The van der Waals surface area contributed by atoms with Crippen molar-refractivity contribution in [1.82, 2.24) is 14.9 Å². The zero-order valence-corrected chi connectivity index (χ0v) is 16.7. The average molecular weight is 459 g/mol. The van der Waals surface area contributed by atoms with Crippen molar-refractivity contribution in [3.8, 4) is 17.0 Å². The van der Waals surface area contributed by atoms with E-state index in [1.807, 2.05) is 26.2 Å². The monoisotopic (exact) mass is 458 g/mol. The van der Waals surface area contributed by atoms with Gasteiger partial charge in [-0.3, -0.25) is 0 Å². The number of benzene rings is 1. The summed E-state index contributed by atoms with van der Waals surface area (Å²) in [6.45, 7) is 1.47. The lowest BCUT2D eigenvalue weighted by atomic mass is 10.0. The first-order valence-corrected chi connectivity index (χ1v) is 9.33. The summed E-state index contributed by atoms with van der Waals surface area (Å²) in [5.74, 6) is 1.12. The quantitative estimate of drug-likeness (QED) is 0.696. The van der Waals surface area contributed by atoms with Crippen molar-refractivity contribution in [3.05, 3.63) is 32.0 Å². The molecular formula is C17H20ClIN4O. The predicted molar refractivity (Wildman–Crippen MR) is 106 cm³/mol. The van der Waals surface area contributed by atoms with E-state index in [1.54, 1.807) is 0 Å². The Morgan fingerprint density at radius 3 is 2.83 bits per heavy atom. The van der Waals surface area contributed by atoms with Crippen LogP contribution in [0.25, 0.3) is 11.3 Å². The second-order valence-electron chi connectivity index (χ2n) is 6.12. The molecule has 0 saturated carbocycles. The molecule has 0 amide bonds. The van der Waals surface area contributed by atoms with Crippen molar-refractivity contribution in [2.75, 3.05) is 33.0 Å². The molecule has 1 aromatic carbocycles. The van der Waals surface area contributed by atoms with Gasteiger partial charge in [0.1, 0.15) is 12.4 Å². The number of nitrogens with two attached hydrogens (primary N) is 1. The Morgan fingerprint density at radius 2 is 2.08 bits per heavy atom. The number of ether oxygens (including phenoxy) is 1. The summed E-state index contributed by atoms with van der Waals surface area (Å²) in [5, 5.41) is 0.659. The number of nitrogens with zero attached hydrogens (tertiary/aromatic N) is 3. The maximum atomic E-state index is 6.50. The summed E-state index contributed by atoms with van der Waals surface area (Å²) in [5.41, 5.74) is 9.81. The maximum Gasteiger partial charge on any atom is 0.220 e. The average Bonchev–Trinajstić information content (AvgIpc) is 2.96. The fourth-order valence-corrected chi connectivity index (χ4v) is 3.89. The Morgan fingerprint density at radius 1 is 1.29 bits per heavy atom. The van der Waals surface area contributed by atoms with Crippen molar-refractivity contribution < 1.29 is 4.74 Å². The normalized spacial score (nSPS) is 13.4. The minimum Gasteiger partial charge on any atom is -0.491 e. The molecule has 0 saturated heterocycles. The third-order valence-electron chi connectivity index (χ3n) is 4.02. The minimum absolute atomic E-state index is 0.301. The van der Waals surface area contributed by atoms with E-state index in [-0.39, 0.29) is 0 Å². The van der Waals surface area contributed by atoms with Crippen LogP contribution >= 0.6 is 34.2 Å². The molecule has 1 heterocycles. The summed E-state index contributed by atoms with van der Waals surface area (Å²) in [6, 6.07) is 3.89. The van der Waals surface area contributed by atoms with Gasteiger partial charge in [0.2, 0.25) is 5.95 Å². The van der Waals surface area contributed by atoms with Crippen LogP contribution in [0.4, 0.5) is 5.95 Å². The highest BCUT2D eigenvalue weighted by Gasteiger charge is 2.22. The van der Waals surface area contributed by atoms with Gasteiger partial charge in [-0.05, 0) is 68.1 Å². The van der Waals surface area contributed by atoms with E-state index in [0.29, 0.717) is 17.6 Å². The molecule has 7 heteroatoms. The lowest BCUT2D eigenvalue weighted by molar-refractivity contribution is 0.260. The third kappa shape index (κ3) is 3.75. The SMILES string of the molecule is CN(C)CCOc1cc(-c2nc(N)nc3c2CCC3)c(Cl)cc1I. The maximum absolute atomic E-state index is 6.50. The minimum atomic E-state index is 0.301. The van der Waals surface area contributed by atoms with Crippen LogP contribution in [-0.2, 0) is 12.8 Å². The Kier molecular flexibility index (Phi) is 5.46. The molecule has 1 aromatic heterocycles. The smallest absolute Gasteiger partial charge is 0.220 e. The number of aromatic nitrogens is 2. The van der Waals surface area contributed by atoms with Gasteiger partial charge < -0.3 is 15.4 Å². The van der Waals surface area contributed by atoms with Crippen molar-refractivity contribution in [1.29, 1.82) is 0 Å². The summed E-state index contributed by atoms with van der Waals surface area (Å²) in [7, 11) is 4.04. The van der Waals surface area contributed by atoms with Crippen LogP contribution in [0.3, 0.4) is 0 Å². The van der Waals surface area contributed by atoms with Crippen molar-refractivity contribution in [2.24, 2.45) is 0 Å². The van der Waals surface area contributed by atoms with Crippen molar-refractivity contribution >= 4 is 40.1 Å². The summed E-state index contributed by atoms with van der Waals surface area (Å²) >= 11 is 8.75. The Hall–Kier alpha value is -1.12. The molecule has 3 rings (SSSR count). The number of fused-ring (bicyclic) bond motifs is 1. The number of anilines is 1. The van der Waals surface area contributed by atoms with E-state index in [0.717, 1.165) is 57.6 Å². The molecule has 0 spiro atoms. The molecule has 0 bridgehead atoms. The fraction of sp³-hybridized carbons (Fsp3) is 0.412. The fourth-order valence-electron chi connectivity index (χ4n) is 2.83. The van der Waals surface area contributed by atoms with E-state index in [1.165, 1.54) is 0 Å². The number of rotatable bonds is 5. The molecule has 24 heavy (non-hydrogen) atoms. The van der Waals surface area contributed by atoms with Gasteiger partial charge in [0.25, 0.3) is 0 Å². The molecule has 0 aliphatic heterocycles. The molecule has 128 valence electrons. The standard InChI is InChI=1S/C17H20ClIN4O/c1-23(2)6-7-24-15-8-11(12(18)9-13(15)19)16-10-4-3-5-14(10)21-17(20)22-16/h8-9H,3-7H2,1-2H3,(H2,20,21,22). The highest BCUT2D eigenvalue weighted by atomic mass is 127.